The van der Waals surface area contributed by atoms with Crippen LogP contribution in [0.2, 0.25) is 0 Å². The lowest BCUT2D eigenvalue weighted by Crippen LogP contribution is -2.39. The molecular formula is C12H15NO3S. The van der Waals surface area contributed by atoms with Crippen LogP contribution in [0.4, 0.5) is 5.69 Å². The molecule has 2 N–H and O–H groups in total. The van der Waals surface area contributed by atoms with Gasteiger partial charge in [-0.1, -0.05) is 0 Å². The van der Waals surface area contributed by atoms with E-state index in [0.717, 1.165) is 22.9 Å². The second-order valence-corrected chi connectivity index (χ2v) is 5.60. The lowest BCUT2D eigenvalue weighted by atomic mass is 10.1. The van der Waals surface area contributed by atoms with Crippen molar-refractivity contribution in [2.45, 2.75) is 24.3 Å². The maximum absolute atomic E-state index is 10.5. The Morgan fingerprint density at radius 3 is 3.06 bits per heavy atom. The lowest BCUT2D eigenvalue weighted by Gasteiger charge is -2.33. The van der Waals surface area contributed by atoms with Gasteiger partial charge in [0, 0.05) is 4.90 Å². The molecule has 0 spiro atoms. The van der Waals surface area contributed by atoms with Crippen LogP contribution in [0.1, 0.15) is 13.8 Å². The van der Waals surface area contributed by atoms with Crippen LogP contribution in [-0.4, -0.2) is 29.0 Å². The van der Waals surface area contributed by atoms with E-state index in [0.29, 0.717) is 0 Å². The average molecular weight is 253 g/mol. The standard InChI is InChI=1S/C12H15NO3S/c1-12(2)7-13-9-5-8(17-6-11(14)15)3-4-10(9)16-12/h3-5,13H,6-7H2,1-2H3,(H,14,15). The number of carbonyl (C=O) groups is 1. The number of carboxylic acids is 1. The first-order chi connectivity index (χ1) is 7.96. The Morgan fingerprint density at radius 1 is 1.59 bits per heavy atom. The Kier molecular flexibility index (Phi) is 3.19. The highest BCUT2D eigenvalue weighted by Crippen LogP contribution is 2.35. The SMILES string of the molecule is CC1(C)CNc2cc(SCC(=O)O)ccc2O1. The maximum atomic E-state index is 10.5. The zero-order valence-corrected chi connectivity index (χ0v) is 10.6. The fraction of sp³-hybridized carbons (Fsp3) is 0.417. The number of carboxylic acid groups (broad SMARTS) is 1. The van der Waals surface area contributed by atoms with E-state index in [-0.39, 0.29) is 11.4 Å². The minimum atomic E-state index is -0.807. The van der Waals surface area contributed by atoms with Gasteiger partial charge in [-0.15, -0.1) is 11.8 Å². The molecule has 1 aromatic rings. The van der Waals surface area contributed by atoms with Gasteiger partial charge < -0.3 is 15.2 Å². The summed E-state index contributed by atoms with van der Waals surface area (Å²) in [7, 11) is 0. The number of ether oxygens (including phenoxy) is 1. The van der Waals surface area contributed by atoms with Crippen molar-refractivity contribution in [2.75, 3.05) is 17.6 Å². The summed E-state index contributed by atoms with van der Waals surface area (Å²) in [4.78, 5) is 11.4. The molecule has 0 unspecified atom stereocenters. The molecule has 17 heavy (non-hydrogen) atoms. The van der Waals surface area contributed by atoms with Crippen LogP contribution >= 0.6 is 11.8 Å². The molecule has 1 aliphatic rings. The highest BCUT2D eigenvalue weighted by Gasteiger charge is 2.26. The van der Waals surface area contributed by atoms with E-state index in [2.05, 4.69) is 5.32 Å². The molecule has 1 aliphatic heterocycles. The molecule has 92 valence electrons. The first-order valence-electron chi connectivity index (χ1n) is 5.38. The second kappa shape index (κ2) is 4.49. The Bertz CT molecular complexity index is 445. The largest absolute Gasteiger partial charge is 0.484 e. The first-order valence-corrected chi connectivity index (χ1v) is 6.36. The van der Waals surface area contributed by atoms with Crippen molar-refractivity contribution in [1.82, 2.24) is 0 Å². The van der Waals surface area contributed by atoms with Crippen molar-refractivity contribution in [3.8, 4) is 5.75 Å². The van der Waals surface area contributed by atoms with Gasteiger partial charge in [0.25, 0.3) is 0 Å². The number of hydrogen-bond acceptors (Lipinski definition) is 4. The van der Waals surface area contributed by atoms with Crippen LogP contribution in [0.5, 0.6) is 5.75 Å². The number of nitrogens with one attached hydrogen (secondary N) is 1. The molecular weight excluding hydrogens is 238 g/mol. The third-order valence-electron chi connectivity index (χ3n) is 2.40. The van der Waals surface area contributed by atoms with E-state index >= 15 is 0 Å². The van der Waals surface area contributed by atoms with Gasteiger partial charge in [0.1, 0.15) is 11.4 Å². The molecule has 0 aromatic heterocycles. The highest BCUT2D eigenvalue weighted by molar-refractivity contribution is 8.00. The van der Waals surface area contributed by atoms with Gasteiger partial charge in [0.2, 0.25) is 0 Å². The number of fused-ring (bicyclic) bond motifs is 1. The smallest absolute Gasteiger partial charge is 0.313 e. The summed E-state index contributed by atoms with van der Waals surface area (Å²) in [6.07, 6.45) is 0. The van der Waals surface area contributed by atoms with Crippen molar-refractivity contribution in [2.24, 2.45) is 0 Å². The molecule has 1 aromatic carbocycles. The zero-order chi connectivity index (χ0) is 12.5. The molecule has 4 nitrogen and oxygen atoms in total. The summed E-state index contributed by atoms with van der Waals surface area (Å²) in [6, 6.07) is 5.70. The molecule has 0 atom stereocenters. The second-order valence-electron chi connectivity index (χ2n) is 4.56. The Hall–Kier alpha value is -1.36. The van der Waals surface area contributed by atoms with Gasteiger partial charge in [-0.3, -0.25) is 4.79 Å². The predicted octanol–water partition coefficient (Wildman–Crippen LogP) is 2.45. The summed E-state index contributed by atoms with van der Waals surface area (Å²) in [5.41, 5.74) is 0.725. The molecule has 0 bridgehead atoms. The van der Waals surface area contributed by atoms with Gasteiger partial charge in [0.15, 0.2) is 0 Å². The third kappa shape index (κ3) is 3.06. The molecule has 0 radical (unpaired) electrons. The van der Waals surface area contributed by atoms with E-state index < -0.39 is 5.97 Å². The van der Waals surface area contributed by atoms with Gasteiger partial charge >= 0.3 is 5.97 Å². The average Bonchev–Trinajstić information content (AvgIpc) is 2.25. The van der Waals surface area contributed by atoms with Crippen LogP contribution in [0.25, 0.3) is 0 Å². The van der Waals surface area contributed by atoms with E-state index in [1.54, 1.807) is 0 Å². The summed E-state index contributed by atoms with van der Waals surface area (Å²) in [5, 5.41) is 11.9. The number of anilines is 1. The molecule has 0 fully saturated rings. The third-order valence-corrected chi connectivity index (χ3v) is 3.38. The number of aliphatic carboxylic acids is 1. The van der Waals surface area contributed by atoms with E-state index in [1.807, 2.05) is 32.0 Å². The van der Waals surface area contributed by atoms with Crippen LogP contribution in [0.3, 0.4) is 0 Å². The number of benzene rings is 1. The molecule has 0 aliphatic carbocycles. The van der Waals surface area contributed by atoms with Gasteiger partial charge in [0.05, 0.1) is 18.0 Å². The van der Waals surface area contributed by atoms with Gasteiger partial charge in [-0.2, -0.15) is 0 Å². The summed E-state index contributed by atoms with van der Waals surface area (Å²) in [5.74, 6) is 0.0875. The quantitative estimate of drug-likeness (QED) is 0.810. The van der Waals surface area contributed by atoms with Crippen molar-refractivity contribution in [3.05, 3.63) is 18.2 Å². The fourth-order valence-electron chi connectivity index (χ4n) is 1.61. The van der Waals surface area contributed by atoms with Crippen molar-refractivity contribution < 1.29 is 14.6 Å². The van der Waals surface area contributed by atoms with E-state index in [4.69, 9.17) is 9.84 Å². The molecule has 5 heteroatoms. The van der Waals surface area contributed by atoms with Gasteiger partial charge in [-0.25, -0.2) is 0 Å². The van der Waals surface area contributed by atoms with Crippen LogP contribution in [-0.2, 0) is 4.79 Å². The Morgan fingerprint density at radius 2 is 2.35 bits per heavy atom. The van der Waals surface area contributed by atoms with Crippen molar-refractivity contribution >= 4 is 23.4 Å². The summed E-state index contributed by atoms with van der Waals surface area (Å²) in [6.45, 7) is 4.79. The van der Waals surface area contributed by atoms with E-state index in [1.165, 1.54) is 11.8 Å². The number of rotatable bonds is 3. The normalized spacial score (nSPS) is 16.6. The van der Waals surface area contributed by atoms with Gasteiger partial charge in [-0.05, 0) is 32.0 Å². The zero-order valence-electron chi connectivity index (χ0n) is 9.82. The van der Waals surface area contributed by atoms with E-state index in [9.17, 15) is 4.79 Å². The lowest BCUT2D eigenvalue weighted by molar-refractivity contribution is -0.133. The topological polar surface area (TPSA) is 58.6 Å². The fourth-order valence-corrected chi connectivity index (χ4v) is 2.27. The molecule has 0 amide bonds. The molecule has 1 heterocycles. The molecule has 0 saturated carbocycles. The molecule has 0 saturated heterocycles. The minimum Gasteiger partial charge on any atom is -0.484 e. The summed E-state index contributed by atoms with van der Waals surface area (Å²) < 4.78 is 5.81. The first kappa shape index (κ1) is 12.1. The number of hydrogen-bond donors (Lipinski definition) is 2. The predicted molar refractivity (Wildman–Crippen MR) is 68.0 cm³/mol. The van der Waals surface area contributed by atoms with Crippen molar-refractivity contribution in [1.29, 1.82) is 0 Å². The Labute approximate surface area is 104 Å². The van der Waals surface area contributed by atoms with Crippen LogP contribution in [0.15, 0.2) is 23.1 Å². The number of thioether (sulfide) groups is 1. The monoisotopic (exact) mass is 253 g/mol. The summed E-state index contributed by atoms with van der Waals surface area (Å²) >= 11 is 1.31. The van der Waals surface area contributed by atoms with Crippen LogP contribution in [0, 0.1) is 0 Å². The van der Waals surface area contributed by atoms with Crippen LogP contribution < -0.4 is 10.1 Å². The maximum Gasteiger partial charge on any atom is 0.313 e. The Balaban J connectivity index is 2.13. The minimum absolute atomic E-state index is 0.0745. The highest BCUT2D eigenvalue weighted by atomic mass is 32.2. The van der Waals surface area contributed by atoms with Crippen molar-refractivity contribution in [3.63, 3.8) is 0 Å². The molecule has 2 rings (SSSR count).